The number of hydrogen-bond acceptors (Lipinski definition) is 3. The lowest BCUT2D eigenvalue weighted by Gasteiger charge is -2.29. The monoisotopic (exact) mass is 769 g/mol. The molecule has 2 aromatic heterocycles. The van der Waals surface area contributed by atoms with E-state index in [1.54, 1.807) is 0 Å². The molecule has 11 aromatic rings. The molecule has 0 amide bonds. The van der Waals surface area contributed by atoms with E-state index in [4.69, 9.17) is 8.83 Å². The van der Waals surface area contributed by atoms with Crippen molar-refractivity contribution in [2.24, 2.45) is 0 Å². The fourth-order valence-corrected chi connectivity index (χ4v) is 9.78. The van der Waals surface area contributed by atoms with Gasteiger partial charge in [0, 0.05) is 38.5 Å². The second-order valence-electron chi connectivity index (χ2n) is 16.4. The van der Waals surface area contributed by atoms with Gasteiger partial charge in [0.2, 0.25) is 0 Å². The van der Waals surface area contributed by atoms with Crippen molar-refractivity contribution in [2.75, 3.05) is 4.90 Å². The Kier molecular flexibility index (Phi) is 7.58. The largest absolute Gasteiger partial charge is 0.456 e. The number of rotatable bonds is 6. The van der Waals surface area contributed by atoms with E-state index in [1.807, 2.05) is 6.07 Å². The van der Waals surface area contributed by atoms with Crippen molar-refractivity contribution < 1.29 is 8.83 Å². The minimum Gasteiger partial charge on any atom is -0.456 e. The van der Waals surface area contributed by atoms with Crippen LogP contribution in [-0.2, 0) is 5.41 Å². The van der Waals surface area contributed by atoms with Crippen molar-refractivity contribution in [3.8, 4) is 44.5 Å². The third-order valence-corrected chi connectivity index (χ3v) is 12.7. The molecule has 284 valence electrons. The summed E-state index contributed by atoms with van der Waals surface area (Å²) < 4.78 is 13.8. The second-order valence-corrected chi connectivity index (χ2v) is 16.4. The standard InChI is InChI=1S/C57H39NO2/c1-57(2)47-23-11-9-21-43(47)44-32-31-42(34-48(44)57)58(41-20-13-19-40(33-41)37-17-7-4-8-18-37)49-24-14-26-51-54(49)46-35-52-55(45-22-10-12-25-50(45)59-52)53(56(46)60-51)39-29-27-38(28-30-39)36-15-5-3-6-16-36/h3-35H,1-2H3. The van der Waals surface area contributed by atoms with Crippen molar-refractivity contribution in [1.82, 2.24) is 0 Å². The molecule has 1 aliphatic carbocycles. The maximum absolute atomic E-state index is 7.12. The van der Waals surface area contributed by atoms with Gasteiger partial charge < -0.3 is 13.7 Å². The number of furan rings is 2. The zero-order valence-corrected chi connectivity index (χ0v) is 33.3. The van der Waals surface area contributed by atoms with E-state index in [1.165, 1.54) is 38.9 Å². The van der Waals surface area contributed by atoms with Gasteiger partial charge in [0.25, 0.3) is 0 Å². The van der Waals surface area contributed by atoms with Crippen LogP contribution in [0.5, 0.6) is 0 Å². The van der Waals surface area contributed by atoms with Crippen LogP contribution >= 0.6 is 0 Å². The van der Waals surface area contributed by atoms with Crippen LogP contribution in [0.4, 0.5) is 17.1 Å². The number of anilines is 3. The van der Waals surface area contributed by atoms with Crippen LogP contribution in [-0.4, -0.2) is 0 Å². The van der Waals surface area contributed by atoms with Crippen molar-refractivity contribution in [3.05, 3.63) is 211 Å². The summed E-state index contributed by atoms with van der Waals surface area (Å²) in [6.45, 7) is 4.69. The average Bonchev–Trinajstić information content (AvgIpc) is 3.94. The van der Waals surface area contributed by atoms with Gasteiger partial charge in [-0.2, -0.15) is 0 Å². The Morgan fingerprint density at radius 1 is 0.383 bits per heavy atom. The van der Waals surface area contributed by atoms with Crippen LogP contribution in [0.3, 0.4) is 0 Å². The van der Waals surface area contributed by atoms with Gasteiger partial charge >= 0.3 is 0 Å². The summed E-state index contributed by atoms with van der Waals surface area (Å²) in [7, 11) is 0. The molecule has 60 heavy (non-hydrogen) atoms. The van der Waals surface area contributed by atoms with E-state index in [9.17, 15) is 0 Å². The molecule has 3 heteroatoms. The summed E-state index contributed by atoms with van der Waals surface area (Å²) in [6, 6.07) is 71.7. The Hall–Kier alpha value is -7.62. The van der Waals surface area contributed by atoms with Crippen LogP contribution < -0.4 is 4.90 Å². The highest BCUT2D eigenvalue weighted by atomic mass is 16.3. The fourth-order valence-electron chi connectivity index (χ4n) is 9.78. The molecule has 1 aliphatic rings. The molecule has 0 atom stereocenters. The Balaban J connectivity index is 1.13. The minimum atomic E-state index is -0.161. The highest BCUT2D eigenvalue weighted by Crippen LogP contribution is 2.53. The van der Waals surface area contributed by atoms with Gasteiger partial charge in [0.1, 0.15) is 22.3 Å². The number of hydrogen-bond donors (Lipinski definition) is 0. The zero-order valence-electron chi connectivity index (χ0n) is 33.3. The molecule has 0 bridgehead atoms. The van der Waals surface area contributed by atoms with Gasteiger partial charge in [-0.25, -0.2) is 0 Å². The van der Waals surface area contributed by atoms with Crippen LogP contribution in [0.2, 0.25) is 0 Å². The maximum atomic E-state index is 7.12. The predicted octanol–water partition coefficient (Wildman–Crippen LogP) is 16.3. The van der Waals surface area contributed by atoms with Crippen LogP contribution in [0.25, 0.3) is 88.4 Å². The first-order valence-corrected chi connectivity index (χ1v) is 20.7. The van der Waals surface area contributed by atoms with Gasteiger partial charge in [-0.15, -0.1) is 0 Å². The van der Waals surface area contributed by atoms with Gasteiger partial charge in [-0.05, 0) is 98.6 Å². The molecule has 9 aromatic carbocycles. The van der Waals surface area contributed by atoms with Gasteiger partial charge in [0.05, 0.1) is 11.1 Å². The normalized spacial score (nSPS) is 13.0. The Labute approximate surface area is 348 Å². The minimum absolute atomic E-state index is 0.161. The van der Waals surface area contributed by atoms with E-state index in [2.05, 4.69) is 213 Å². The van der Waals surface area contributed by atoms with E-state index >= 15 is 0 Å². The Bertz CT molecular complexity index is 3450. The molecule has 0 radical (unpaired) electrons. The smallest absolute Gasteiger partial charge is 0.144 e. The number of benzene rings is 9. The molecule has 0 spiro atoms. The van der Waals surface area contributed by atoms with Crippen molar-refractivity contribution >= 4 is 60.9 Å². The summed E-state index contributed by atoms with van der Waals surface area (Å²) >= 11 is 0. The Morgan fingerprint density at radius 2 is 1.00 bits per heavy atom. The quantitative estimate of drug-likeness (QED) is 0.169. The maximum Gasteiger partial charge on any atom is 0.144 e. The van der Waals surface area contributed by atoms with Gasteiger partial charge in [0.15, 0.2) is 0 Å². The Morgan fingerprint density at radius 3 is 1.82 bits per heavy atom. The van der Waals surface area contributed by atoms with Crippen LogP contribution in [0.15, 0.2) is 209 Å². The molecule has 0 unspecified atom stereocenters. The van der Waals surface area contributed by atoms with Crippen LogP contribution in [0, 0.1) is 0 Å². The van der Waals surface area contributed by atoms with Gasteiger partial charge in [-0.1, -0.05) is 166 Å². The molecule has 0 saturated carbocycles. The topological polar surface area (TPSA) is 29.5 Å². The van der Waals surface area contributed by atoms with Crippen molar-refractivity contribution in [3.63, 3.8) is 0 Å². The lowest BCUT2D eigenvalue weighted by Crippen LogP contribution is -2.16. The number of fused-ring (bicyclic) bond motifs is 9. The van der Waals surface area contributed by atoms with Crippen LogP contribution in [0.1, 0.15) is 25.0 Å². The second kappa shape index (κ2) is 13.2. The third-order valence-electron chi connectivity index (χ3n) is 12.7. The number of para-hydroxylation sites is 1. The molecule has 12 rings (SSSR count). The van der Waals surface area contributed by atoms with Gasteiger partial charge in [-0.3, -0.25) is 0 Å². The average molecular weight is 770 g/mol. The van der Waals surface area contributed by atoms with E-state index in [0.717, 1.165) is 77.6 Å². The number of nitrogens with zero attached hydrogens (tertiary/aromatic N) is 1. The first kappa shape index (κ1) is 34.4. The lowest BCUT2D eigenvalue weighted by molar-refractivity contribution is 0.660. The molecule has 0 N–H and O–H groups in total. The summed E-state index contributed by atoms with van der Waals surface area (Å²) in [5.74, 6) is 0. The van der Waals surface area contributed by atoms with Crippen molar-refractivity contribution in [2.45, 2.75) is 19.3 Å². The van der Waals surface area contributed by atoms with E-state index in [-0.39, 0.29) is 5.41 Å². The zero-order chi connectivity index (χ0) is 40.0. The molecular weight excluding hydrogens is 731 g/mol. The first-order chi connectivity index (χ1) is 29.5. The predicted molar refractivity (Wildman–Crippen MR) is 250 cm³/mol. The molecule has 2 heterocycles. The van der Waals surface area contributed by atoms with E-state index < -0.39 is 0 Å². The highest BCUT2D eigenvalue weighted by Gasteiger charge is 2.36. The third kappa shape index (κ3) is 5.22. The lowest BCUT2D eigenvalue weighted by atomic mass is 9.82. The molecule has 0 saturated heterocycles. The SMILES string of the molecule is CC1(C)c2ccccc2-c2ccc(N(c3cccc(-c4ccccc4)c3)c3cccc4oc5c(-c6ccc(-c7ccccc7)cc6)c6c(cc5c34)oc3ccccc36)cc21. The van der Waals surface area contributed by atoms with E-state index in [0.29, 0.717) is 0 Å². The molecule has 3 nitrogen and oxygen atoms in total. The fraction of sp³-hybridized carbons (Fsp3) is 0.0526. The summed E-state index contributed by atoms with van der Waals surface area (Å²) in [5.41, 5.74) is 18.4. The molecule has 0 aliphatic heterocycles. The summed E-state index contributed by atoms with van der Waals surface area (Å²) in [5, 5.41) is 4.16. The summed E-state index contributed by atoms with van der Waals surface area (Å²) in [4.78, 5) is 2.42. The highest BCUT2D eigenvalue weighted by molar-refractivity contribution is 6.25. The molecular formula is C57H39NO2. The summed E-state index contributed by atoms with van der Waals surface area (Å²) in [6.07, 6.45) is 0. The molecule has 0 fully saturated rings. The first-order valence-electron chi connectivity index (χ1n) is 20.7. The van der Waals surface area contributed by atoms with Crippen molar-refractivity contribution in [1.29, 1.82) is 0 Å².